The minimum Gasteiger partial charge on any atom is -0.462 e. The molecule has 570 valence electrons. The second-order valence-corrected chi connectivity index (χ2v) is 31.1. The van der Waals surface area contributed by atoms with E-state index >= 15 is 0 Å². The maximum absolute atomic E-state index is 13.1. The maximum Gasteiger partial charge on any atom is 0.472 e. The zero-order chi connectivity index (χ0) is 70.5. The van der Waals surface area contributed by atoms with Crippen LogP contribution in [-0.2, 0) is 65.4 Å². The first kappa shape index (κ1) is 94.1. The van der Waals surface area contributed by atoms with Crippen molar-refractivity contribution in [2.45, 2.75) is 425 Å². The number of aliphatic hydroxyl groups is 1. The van der Waals surface area contributed by atoms with E-state index in [2.05, 4.69) is 34.6 Å². The minimum atomic E-state index is -4.96. The number of rotatable bonds is 77. The van der Waals surface area contributed by atoms with Crippen LogP contribution in [0.1, 0.15) is 407 Å². The van der Waals surface area contributed by atoms with Gasteiger partial charge in [0.25, 0.3) is 0 Å². The third-order valence-electron chi connectivity index (χ3n) is 18.0. The Morgan fingerprint density at radius 1 is 0.281 bits per heavy atom. The van der Waals surface area contributed by atoms with Crippen molar-refractivity contribution < 1.29 is 80.2 Å². The first-order valence-corrected chi connectivity index (χ1v) is 43.1. The van der Waals surface area contributed by atoms with Crippen LogP contribution in [0, 0.1) is 5.92 Å². The molecule has 0 aromatic rings. The van der Waals surface area contributed by atoms with Crippen LogP contribution in [0.15, 0.2) is 0 Å². The van der Waals surface area contributed by atoms with Gasteiger partial charge in [0.2, 0.25) is 0 Å². The van der Waals surface area contributed by atoms with Crippen molar-refractivity contribution in [2.75, 3.05) is 39.6 Å². The van der Waals surface area contributed by atoms with Crippen molar-refractivity contribution in [3.05, 3.63) is 0 Å². The van der Waals surface area contributed by atoms with E-state index in [0.717, 1.165) is 102 Å². The van der Waals surface area contributed by atoms with Gasteiger partial charge in [-0.05, 0) is 31.6 Å². The number of ether oxygens (including phenoxy) is 4. The highest BCUT2D eigenvalue weighted by molar-refractivity contribution is 7.47. The summed E-state index contributed by atoms with van der Waals surface area (Å²) >= 11 is 0. The van der Waals surface area contributed by atoms with Gasteiger partial charge in [-0.2, -0.15) is 0 Å². The largest absolute Gasteiger partial charge is 0.472 e. The van der Waals surface area contributed by atoms with Crippen LogP contribution >= 0.6 is 15.6 Å². The van der Waals surface area contributed by atoms with Crippen molar-refractivity contribution in [1.29, 1.82) is 0 Å². The third kappa shape index (κ3) is 70.5. The van der Waals surface area contributed by atoms with Gasteiger partial charge in [0, 0.05) is 25.7 Å². The van der Waals surface area contributed by atoms with Crippen molar-refractivity contribution in [3.63, 3.8) is 0 Å². The Hall–Kier alpha value is -1.94. The number of unbranched alkanes of at least 4 members (excludes halogenated alkanes) is 49. The van der Waals surface area contributed by atoms with Gasteiger partial charge in [-0.15, -0.1) is 0 Å². The van der Waals surface area contributed by atoms with Crippen molar-refractivity contribution >= 4 is 39.5 Å². The van der Waals surface area contributed by atoms with E-state index in [9.17, 15) is 43.2 Å². The van der Waals surface area contributed by atoms with Crippen LogP contribution in [-0.4, -0.2) is 96.7 Å². The molecule has 17 nitrogen and oxygen atoms in total. The Balaban J connectivity index is 5.19. The lowest BCUT2D eigenvalue weighted by molar-refractivity contribution is -0.161. The molecule has 0 aliphatic heterocycles. The fraction of sp³-hybridized carbons (Fsp3) is 0.948. The van der Waals surface area contributed by atoms with Gasteiger partial charge in [0.15, 0.2) is 12.2 Å². The SMILES string of the molecule is CCCCCCCCCCCCCCCCCCCCCCC(=O)O[C@H](COC(=O)CCCCCCCCCCCCCCCCC)COP(=O)(O)OC[C@@H](O)COP(=O)(O)OC[C@@H](COC(=O)CCCCCCCCCC)OC(=O)CCCCCCCCCCCCC(C)C. The molecule has 0 amide bonds. The standard InChI is InChI=1S/C77H150O17P2/c1-6-9-12-15-18-21-23-25-27-28-29-30-31-33-35-37-42-47-52-57-62-76(81)94-73(67-88-75(80)61-56-51-46-41-36-34-32-26-24-22-19-16-13-10-7-2)69-92-96(85,86)90-65-71(78)64-89-95(83,84)91-68-72(66-87-74(79)60-55-50-45-20-17-14-11-8-3)93-77(82)63-58-53-48-43-39-38-40-44-49-54-59-70(4)5/h70-73,78H,6-69H2,1-5H3,(H,83,84)(H,85,86)/t71-,72+,73+/m0/s1. The normalized spacial score (nSPS) is 13.9. The lowest BCUT2D eigenvalue weighted by Gasteiger charge is -2.21. The van der Waals surface area contributed by atoms with E-state index in [1.807, 2.05) is 0 Å². The monoisotopic (exact) mass is 1410 g/mol. The average molecular weight is 1410 g/mol. The fourth-order valence-electron chi connectivity index (χ4n) is 11.9. The summed E-state index contributed by atoms with van der Waals surface area (Å²) in [6.07, 6.45) is 59.8. The summed E-state index contributed by atoms with van der Waals surface area (Å²) in [5, 5.41) is 10.6. The lowest BCUT2D eigenvalue weighted by atomic mass is 10.0. The van der Waals surface area contributed by atoms with Crippen molar-refractivity contribution in [1.82, 2.24) is 0 Å². The number of phosphoric ester groups is 2. The van der Waals surface area contributed by atoms with Crippen LogP contribution in [0.25, 0.3) is 0 Å². The molecular weight excluding hydrogens is 1260 g/mol. The van der Waals surface area contributed by atoms with Crippen LogP contribution in [0.4, 0.5) is 0 Å². The highest BCUT2D eigenvalue weighted by Crippen LogP contribution is 2.45. The molecule has 0 radical (unpaired) electrons. The van der Waals surface area contributed by atoms with E-state index in [1.165, 1.54) is 225 Å². The number of hydrogen-bond donors (Lipinski definition) is 3. The number of hydrogen-bond acceptors (Lipinski definition) is 15. The van der Waals surface area contributed by atoms with Gasteiger partial charge >= 0.3 is 39.5 Å². The number of aliphatic hydroxyl groups excluding tert-OH is 1. The smallest absolute Gasteiger partial charge is 0.462 e. The molecule has 0 aromatic carbocycles. The molecule has 0 heterocycles. The van der Waals surface area contributed by atoms with E-state index < -0.39 is 97.5 Å². The number of esters is 4. The molecule has 2 unspecified atom stereocenters. The van der Waals surface area contributed by atoms with Crippen LogP contribution in [0.3, 0.4) is 0 Å². The molecule has 0 rings (SSSR count). The number of carbonyl (C=O) groups is 4. The quantitative estimate of drug-likeness (QED) is 0.0222. The van der Waals surface area contributed by atoms with Gasteiger partial charge in [0.05, 0.1) is 26.4 Å². The molecule has 96 heavy (non-hydrogen) atoms. The predicted octanol–water partition coefficient (Wildman–Crippen LogP) is 22.9. The van der Waals surface area contributed by atoms with Crippen molar-refractivity contribution in [3.8, 4) is 0 Å². The molecule has 0 fully saturated rings. The van der Waals surface area contributed by atoms with Crippen LogP contribution in [0.5, 0.6) is 0 Å². The number of phosphoric acid groups is 2. The zero-order valence-electron chi connectivity index (χ0n) is 62.5. The fourth-order valence-corrected chi connectivity index (χ4v) is 13.5. The molecule has 19 heteroatoms. The van der Waals surface area contributed by atoms with Crippen LogP contribution < -0.4 is 0 Å². The summed E-state index contributed by atoms with van der Waals surface area (Å²) < 4.78 is 68.5. The molecule has 0 aromatic heterocycles. The first-order chi connectivity index (χ1) is 46.5. The zero-order valence-corrected chi connectivity index (χ0v) is 64.3. The van der Waals surface area contributed by atoms with E-state index in [0.29, 0.717) is 25.7 Å². The van der Waals surface area contributed by atoms with E-state index in [-0.39, 0.29) is 25.7 Å². The summed E-state index contributed by atoms with van der Waals surface area (Å²) in [6.45, 7) is 7.26. The van der Waals surface area contributed by atoms with E-state index in [4.69, 9.17) is 37.0 Å². The minimum absolute atomic E-state index is 0.106. The second kappa shape index (κ2) is 70.1. The lowest BCUT2D eigenvalue weighted by Crippen LogP contribution is -2.30. The first-order valence-electron chi connectivity index (χ1n) is 40.1. The molecule has 0 aliphatic carbocycles. The third-order valence-corrected chi connectivity index (χ3v) is 19.9. The Morgan fingerprint density at radius 3 is 0.708 bits per heavy atom. The molecule has 0 saturated heterocycles. The van der Waals surface area contributed by atoms with E-state index in [1.54, 1.807) is 0 Å². The van der Waals surface area contributed by atoms with Gasteiger partial charge in [-0.25, -0.2) is 9.13 Å². The molecular formula is C77H150O17P2. The molecule has 0 saturated carbocycles. The topological polar surface area (TPSA) is 237 Å². The highest BCUT2D eigenvalue weighted by Gasteiger charge is 2.30. The summed E-state index contributed by atoms with van der Waals surface area (Å²) in [5.41, 5.74) is 0. The van der Waals surface area contributed by atoms with Gasteiger partial charge in [-0.3, -0.25) is 37.3 Å². The Bertz CT molecular complexity index is 1840. The molecule has 3 N–H and O–H groups in total. The second-order valence-electron chi connectivity index (χ2n) is 28.2. The molecule has 0 aliphatic rings. The van der Waals surface area contributed by atoms with Gasteiger partial charge < -0.3 is 33.8 Å². The maximum atomic E-state index is 13.1. The van der Waals surface area contributed by atoms with Crippen LogP contribution in [0.2, 0.25) is 0 Å². The predicted molar refractivity (Wildman–Crippen MR) is 391 cm³/mol. The Kier molecular flexibility index (Phi) is 68.7. The summed E-state index contributed by atoms with van der Waals surface area (Å²) in [6, 6.07) is 0. The molecule has 5 atom stereocenters. The molecule has 0 spiro atoms. The summed E-state index contributed by atoms with van der Waals surface area (Å²) in [5.74, 6) is -1.36. The number of carbonyl (C=O) groups excluding carboxylic acids is 4. The Labute approximate surface area is 588 Å². The van der Waals surface area contributed by atoms with Gasteiger partial charge in [-0.1, -0.05) is 356 Å². The highest BCUT2D eigenvalue weighted by atomic mass is 31.2. The average Bonchev–Trinajstić information content (AvgIpc) is 1.48. The van der Waals surface area contributed by atoms with Crippen molar-refractivity contribution in [2.24, 2.45) is 5.92 Å². The Morgan fingerprint density at radius 2 is 0.479 bits per heavy atom. The summed E-state index contributed by atoms with van der Waals surface area (Å²) in [7, 11) is -9.91. The summed E-state index contributed by atoms with van der Waals surface area (Å²) in [4.78, 5) is 72.8. The molecule has 0 bridgehead atoms. The van der Waals surface area contributed by atoms with Gasteiger partial charge in [0.1, 0.15) is 19.3 Å².